The van der Waals surface area contributed by atoms with Crippen molar-refractivity contribution in [3.63, 3.8) is 0 Å². The number of benzene rings is 1. The molecule has 0 spiro atoms. The molecule has 0 saturated carbocycles. The van der Waals surface area contributed by atoms with Gasteiger partial charge in [0, 0.05) is 33.8 Å². The summed E-state index contributed by atoms with van der Waals surface area (Å²) in [5, 5.41) is 3.27. The largest absolute Gasteiger partial charge is 0.380 e. The fourth-order valence-corrected chi connectivity index (χ4v) is 1.98. The van der Waals surface area contributed by atoms with Crippen LogP contribution in [0.15, 0.2) is 29.3 Å². The van der Waals surface area contributed by atoms with Crippen LogP contribution in [0.3, 0.4) is 0 Å². The molecule has 0 saturated heterocycles. The van der Waals surface area contributed by atoms with Crippen molar-refractivity contribution in [3.05, 3.63) is 35.6 Å². The molecule has 1 aromatic carbocycles. The quantitative estimate of drug-likeness (QED) is 0.456. The van der Waals surface area contributed by atoms with Gasteiger partial charge >= 0.3 is 0 Å². The first kappa shape index (κ1) is 18.4. The molecule has 0 bridgehead atoms. The van der Waals surface area contributed by atoms with Crippen LogP contribution in [0.25, 0.3) is 0 Å². The molecule has 0 heterocycles. The van der Waals surface area contributed by atoms with E-state index < -0.39 is 0 Å². The van der Waals surface area contributed by atoms with Crippen molar-refractivity contribution in [2.24, 2.45) is 10.9 Å². The van der Waals surface area contributed by atoms with E-state index in [-0.39, 0.29) is 5.82 Å². The summed E-state index contributed by atoms with van der Waals surface area (Å²) >= 11 is 0. The highest BCUT2D eigenvalue weighted by molar-refractivity contribution is 5.79. The highest BCUT2D eigenvalue weighted by Gasteiger charge is 2.06. The van der Waals surface area contributed by atoms with E-state index in [2.05, 4.69) is 24.2 Å². The van der Waals surface area contributed by atoms with Crippen molar-refractivity contribution in [1.29, 1.82) is 0 Å². The molecule has 0 fully saturated rings. The topological polar surface area (TPSA) is 36.9 Å². The highest BCUT2D eigenvalue weighted by Crippen LogP contribution is 2.05. The minimum Gasteiger partial charge on any atom is -0.380 e. The molecule has 22 heavy (non-hydrogen) atoms. The molecular weight excluding hydrogens is 281 g/mol. The van der Waals surface area contributed by atoms with Gasteiger partial charge in [0.25, 0.3) is 0 Å². The van der Waals surface area contributed by atoms with Gasteiger partial charge in [0.05, 0.1) is 6.61 Å². The number of nitrogens with one attached hydrogen (secondary N) is 1. The van der Waals surface area contributed by atoms with E-state index in [1.807, 2.05) is 11.9 Å². The number of ether oxygens (including phenoxy) is 1. The van der Waals surface area contributed by atoms with Gasteiger partial charge in [-0.1, -0.05) is 26.0 Å². The number of nitrogens with zero attached hydrogens (tertiary/aromatic N) is 2. The molecule has 5 heteroatoms. The normalized spacial score (nSPS) is 11.8. The van der Waals surface area contributed by atoms with Crippen molar-refractivity contribution < 1.29 is 9.13 Å². The zero-order chi connectivity index (χ0) is 16.4. The summed E-state index contributed by atoms with van der Waals surface area (Å²) in [6.45, 7) is 7.23. The average molecular weight is 309 g/mol. The Morgan fingerprint density at radius 3 is 2.55 bits per heavy atom. The van der Waals surface area contributed by atoms with Crippen LogP contribution in [0.2, 0.25) is 0 Å². The van der Waals surface area contributed by atoms with Gasteiger partial charge in [-0.2, -0.15) is 0 Å². The number of hydrogen-bond donors (Lipinski definition) is 1. The Balaban J connectivity index is 2.29. The molecule has 1 aromatic rings. The maximum absolute atomic E-state index is 12.9. The van der Waals surface area contributed by atoms with Crippen LogP contribution in [-0.4, -0.2) is 44.7 Å². The molecule has 0 unspecified atom stereocenters. The Hall–Kier alpha value is -1.62. The number of hydrogen-bond acceptors (Lipinski definition) is 2. The lowest BCUT2D eigenvalue weighted by Crippen LogP contribution is -2.40. The van der Waals surface area contributed by atoms with Gasteiger partial charge in [-0.25, -0.2) is 4.39 Å². The number of aliphatic imine (C=N–C) groups is 1. The number of guanidine groups is 1. The maximum atomic E-state index is 12.9. The van der Waals surface area contributed by atoms with Crippen LogP contribution < -0.4 is 5.32 Å². The van der Waals surface area contributed by atoms with E-state index in [1.165, 1.54) is 12.1 Å². The summed E-state index contributed by atoms with van der Waals surface area (Å²) in [4.78, 5) is 6.25. The van der Waals surface area contributed by atoms with Crippen molar-refractivity contribution in [3.8, 4) is 0 Å². The van der Waals surface area contributed by atoms with Crippen LogP contribution in [0, 0.1) is 11.7 Å². The van der Waals surface area contributed by atoms with Gasteiger partial charge in [-0.3, -0.25) is 4.99 Å². The summed E-state index contributed by atoms with van der Waals surface area (Å²) in [5.41, 5.74) is 1.04. The van der Waals surface area contributed by atoms with Gasteiger partial charge in [-0.05, 0) is 30.0 Å². The van der Waals surface area contributed by atoms with E-state index >= 15 is 0 Å². The second kappa shape index (κ2) is 10.2. The molecule has 0 amide bonds. The third kappa shape index (κ3) is 7.41. The predicted octanol–water partition coefficient (Wildman–Crippen LogP) is 2.90. The molecule has 4 nitrogen and oxygen atoms in total. The first-order chi connectivity index (χ1) is 10.5. The van der Waals surface area contributed by atoms with Crippen LogP contribution in [-0.2, 0) is 11.3 Å². The zero-order valence-electron chi connectivity index (χ0n) is 14.1. The van der Waals surface area contributed by atoms with Gasteiger partial charge < -0.3 is 15.0 Å². The van der Waals surface area contributed by atoms with E-state index in [4.69, 9.17) is 4.74 Å². The zero-order valence-corrected chi connectivity index (χ0v) is 14.1. The molecule has 1 rings (SSSR count). The van der Waals surface area contributed by atoms with Crippen LogP contribution in [0.1, 0.15) is 25.8 Å². The second-order valence-electron chi connectivity index (χ2n) is 5.75. The Morgan fingerprint density at radius 1 is 1.27 bits per heavy atom. The smallest absolute Gasteiger partial charge is 0.193 e. The lowest BCUT2D eigenvalue weighted by atomic mass is 10.1. The van der Waals surface area contributed by atoms with Gasteiger partial charge in [-0.15, -0.1) is 0 Å². The molecular formula is C17H28FN3O. The maximum Gasteiger partial charge on any atom is 0.193 e. The molecule has 0 aromatic heterocycles. The fourth-order valence-electron chi connectivity index (χ4n) is 1.98. The van der Waals surface area contributed by atoms with Crippen LogP contribution in [0.5, 0.6) is 0 Å². The molecule has 1 N–H and O–H groups in total. The predicted molar refractivity (Wildman–Crippen MR) is 89.5 cm³/mol. The third-order valence-corrected chi connectivity index (χ3v) is 3.28. The minimum absolute atomic E-state index is 0.215. The summed E-state index contributed by atoms with van der Waals surface area (Å²) < 4.78 is 18.5. The first-order valence-electron chi connectivity index (χ1n) is 7.77. The van der Waals surface area contributed by atoms with E-state index in [1.54, 1.807) is 19.2 Å². The SMILES string of the molecule is CN=C(NCCOCCC(C)C)N(C)Cc1ccc(F)cc1. The molecule has 0 aliphatic rings. The summed E-state index contributed by atoms with van der Waals surface area (Å²) in [6.07, 6.45) is 1.08. The third-order valence-electron chi connectivity index (χ3n) is 3.28. The first-order valence-corrected chi connectivity index (χ1v) is 7.77. The number of halogens is 1. The van der Waals surface area contributed by atoms with Gasteiger partial charge in [0.2, 0.25) is 0 Å². The fraction of sp³-hybridized carbons (Fsp3) is 0.588. The van der Waals surface area contributed by atoms with E-state index in [0.717, 1.165) is 31.1 Å². The molecule has 0 aliphatic carbocycles. The molecule has 0 radical (unpaired) electrons. The van der Waals surface area contributed by atoms with E-state index in [9.17, 15) is 4.39 Å². The monoisotopic (exact) mass is 309 g/mol. The lowest BCUT2D eigenvalue weighted by molar-refractivity contribution is 0.127. The molecule has 124 valence electrons. The number of rotatable bonds is 8. The Kier molecular flexibility index (Phi) is 8.51. The Labute approximate surface area is 133 Å². The summed E-state index contributed by atoms with van der Waals surface area (Å²) in [7, 11) is 3.71. The standard InChI is InChI=1S/C17H28FN3O/c1-14(2)9-11-22-12-10-20-17(19-3)21(4)13-15-5-7-16(18)8-6-15/h5-8,14H,9-13H2,1-4H3,(H,19,20). The Morgan fingerprint density at radius 2 is 1.95 bits per heavy atom. The summed E-state index contributed by atoms with van der Waals surface area (Å²) in [6, 6.07) is 6.52. The van der Waals surface area contributed by atoms with Crippen LogP contribution >= 0.6 is 0 Å². The minimum atomic E-state index is -0.215. The second-order valence-corrected chi connectivity index (χ2v) is 5.75. The van der Waals surface area contributed by atoms with Crippen molar-refractivity contribution >= 4 is 5.96 Å². The van der Waals surface area contributed by atoms with E-state index in [0.29, 0.717) is 19.1 Å². The highest BCUT2D eigenvalue weighted by atomic mass is 19.1. The Bertz CT molecular complexity index is 446. The van der Waals surface area contributed by atoms with Crippen molar-refractivity contribution in [2.45, 2.75) is 26.8 Å². The molecule has 0 atom stereocenters. The average Bonchev–Trinajstić information content (AvgIpc) is 2.48. The van der Waals surface area contributed by atoms with Crippen molar-refractivity contribution in [2.75, 3.05) is 33.9 Å². The van der Waals surface area contributed by atoms with Crippen molar-refractivity contribution in [1.82, 2.24) is 10.2 Å². The summed E-state index contributed by atoms with van der Waals surface area (Å²) in [5.74, 6) is 1.26. The van der Waals surface area contributed by atoms with Crippen LogP contribution in [0.4, 0.5) is 4.39 Å². The van der Waals surface area contributed by atoms with Gasteiger partial charge in [0.15, 0.2) is 5.96 Å². The van der Waals surface area contributed by atoms with Gasteiger partial charge in [0.1, 0.15) is 5.82 Å². The lowest BCUT2D eigenvalue weighted by Gasteiger charge is -2.22. The molecule has 0 aliphatic heterocycles.